The lowest BCUT2D eigenvalue weighted by Crippen LogP contribution is -2.23. The predicted octanol–water partition coefficient (Wildman–Crippen LogP) is 4.40. The van der Waals surface area contributed by atoms with Gasteiger partial charge in [-0.2, -0.15) is 0 Å². The average molecular weight is 281 g/mol. The Morgan fingerprint density at radius 3 is 2.65 bits per heavy atom. The van der Waals surface area contributed by atoms with Gasteiger partial charge in [-0.3, -0.25) is 0 Å². The molecule has 2 aromatic carbocycles. The second-order valence-corrected chi connectivity index (χ2v) is 6.25. The van der Waals surface area contributed by atoms with Crippen LogP contribution in [0, 0.1) is 0 Å². The minimum atomic E-state index is 0.225. The maximum Gasteiger partial charge on any atom is 0.00830 e. The SMILES string of the molecule is NC(CCc1cccs1)Cc1cccc2ccccc12. The van der Waals surface area contributed by atoms with Crippen LogP contribution in [0.2, 0.25) is 0 Å². The van der Waals surface area contributed by atoms with Gasteiger partial charge in [-0.25, -0.2) is 0 Å². The minimum Gasteiger partial charge on any atom is -0.327 e. The summed E-state index contributed by atoms with van der Waals surface area (Å²) >= 11 is 1.82. The molecule has 1 unspecified atom stereocenters. The van der Waals surface area contributed by atoms with Crippen molar-refractivity contribution in [2.45, 2.75) is 25.3 Å². The minimum absolute atomic E-state index is 0.225. The smallest absolute Gasteiger partial charge is 0.00830 e. The third kappa shape index (κ3) is 3.09. The highest BCUT2D eigenvalue weighted by atomic mass is 32.1. The summed E-state index contributed by atoms with van der Waals surface area (Å²) in [5.41, 5.74) is 7.68. The van der Waals surface area contributed by atoms with Gasteiger partial charge in [0.05, 0.1) is 0 Å². The summed E-state index contributed by atoms with van der Waals surface area (Å²) < 4.78 is 0. The molecule has 0 aliphatic heterocycles. The van der Waals surface area contributed by atoms with Gasteiger partial charge in [-0.1, -0.05) is 48.5 Å². The van der Waals surface area contributed by atoms with Crippen LogP contribution in [0.5, 0.6) is 0 Å². The summed E-state index contributed by atoms with van der Waals surface area (Å²) in [5.74, 6) is 0. The van der Waals surface area contributed by atoms with Gasteiger partial charge in [-0.05, 0) is 47.0 Å². The Morgan fingerprint density at radius 2 is 1.80 bits per heavy atom. The van der Waals surface area contributed by atoms with Crippen molar-refractivity contribution in [3.63, 3.8) is 0 Å². The quantitative estimate of drug-likeness (QED) is 0.737. The Morgan fingerprint density at radius 1 is 0.950 bits per heavy atom. The molecule has 0 radical (unpaired) electrons. The van der Waals surface area contributed by atoms with E-state index < -0.39 is 0 Å². The highest BCUT2D eigenvalue weighted by Gasteiger charge is 2.07. The van der Waals surface area contributed by atoms with E-state index in [9.17, 15) is 0 Å². The largest absolute Gasteiger partial charge is 0.327 e. The van der Waals surface area contributed by atoms with E-state index in [1.54, 1.807) is 0 Å². The van der Waals surface area contributed by atoms with Gasteiger partial charge in [0.2, 0.25) is 0 Å². The highest BCUT2D eigenvalue weighted by Crippen LogP contribution is 2.20. The molecule has 1 aromatic heterocycles. The molecule has 1 heterocycles. The molecule has 0 spiro atoms. The lowest BCUT2D eigenvalue weighted by molar-refractivity contribution is 0.615. The highest BCUT2D eigenvalue weighted by molar-refractivity contribution is 7.09. The Hall–Kier alpha value is -1.64. The molecule has 0 amide bonds. The van der Waals surface area contributed by atoms with Crippen molar-refractivity contribution >= 4 is 22.1 Å². The third-order valence-electron chi connectivity index (χ3n) is 3.70. The van der Waals surface area contributed by atoms with Crippen LogP contribution < -0.4 is 5.73 Å². The Labute approximate surface area is 124 Å². The maximum absolute atomic E-state index is 6.32. The monoisotopic (exact) mass is 281 g/mol. The van der Waals surface area contributed by atoms with E-state index in [1.807, 2.05) is 11.3 Å². The van der Waals surface area contributed by atoms with Crippen LogP contribution in [-0.4, -0.2) is 6.04 Å². The van der Waals surface area contributed by atoms with Gasteiger partial charge in [0.25, 0.3) is 0 Å². The normalized spacial score (nSPS) is 12.7. The predicted molar refractivity (Wildman–Crippen MR) is 88.3 cm³/mol. The molecule has 20 heavy (non-hydrogen) atoms. The molecule has 1 nitrogen and oxygen atoms in total. The number of aryl methyl sites for hydroxylation is 1. The van der Waals surface area contributed by atoms with E-state index in [-0.39, 0.29) is 6.04 Å². The van der Waals surface area contributed by atoms with E-state index in [1.165, 1.54) is 21.2 Å². The molecule has 102 valence electrons. The molecule has 2 N–H and O–H groups in total. The molecule has 0 bridgehead atoms. The summed E-state index contributed by atoms with van der Waals surface area (Å²) in [5, 5.41) is 4.77. The third-order valence-corrected chi connectivity index (χ3v) is 4.64. The lowest BCUT2D eigenvalue weighted by Gasteiger charge is -2.13. The number of hydrogen-bond acceptors (Lipinski definition) is 2. The zero-order chi connectivity index (χ0) is 13.8. The summed E-state index contributed by atoms with van der Waals surface area (Å²) in [6.45, 7) is 0. The number of thiophene rings is 1. The Kier molecular flexibility index (Phi) is 4.14. The van der Waals surface area contributed by atoms with Gasteiger partial charge in [0.1, 0.15) is 0 Å². The van der Waals surface area contributed by atoms with Gasteiger partial charge < -0.3 is 5.73 Å². The molecule has 0 saturated heterocycles. The van der Waals surface area contributed by atoms with Crippen molar-refractivity contribution in [2.75, 3.05) is 0 Å². The summed E-state index contributed by atoms with van der Waals surface area (Å²) in [7, 11) is 0. The molecule has 0 aliphatic carbocycles. The van der Waals surface area contributed by atoms with Crippen molar-refractivity contribution in [2.24, 2.45) is 5.73 Å². The van der Waals surface area contributed by atoms with Crippen LogP contribution in [0.25, 0.3) is 10.8 Å². The van der Waals surface area contributed by atoms with Gasteiger partial charge in [-0.15, -0.1) is 11.3 Å². The topological polar surface area (TPSA) is 26.0 Å². The first kappa shape index (κ1) is 13.3. The molecule has 0 saturated carbocycles. The fraction of sp³-hybridized carbons (Fsp3) is 0.222. The summed E-state index contributed by atoms with van der Waals surface area (Å²) in [6, 6.07) is 19.6. The summed E-state index contributed by atoms with van der Waals surface area (Å²) in [6.07, 6.45) is 3.08. The van der Waals surface area contributed by atoms with E-state index in [0.29, 0.717) is 0 Å². The van der Waals surface area contributed by atoms with Gasteiger partial charge in [0, 0.05) is 10.9 Å². The van der Waals surface area contributed by atoms with Crippen molar-refractivity contribution in [3.8, 4) is 0 Å². The molecule has 0 fully saturated rings. The molecular formula is C18H19NS. The number of nitrogens with two attached hydrogens (primary N) is 1. The van der Waals surface area contributed by atoms with Crippen molar-refractivity contribution in [1.29, 1.82) is 0 Å². The number of benzene rings is 2. The summed E-state index contributed by atoms with van der Waals surface area (Å²) in [4.78, 5) is 1.43. The van der Waals surface area contributed by atoms with Crippen LogP contribution in [0.1, 0.15) is 16.9 Å². The fourth-order valence-corrected chi connectivity index (χ4v) is 3.36. The van der Waals surface area contributed by atoms with E-state index >= 15 is 0 Å². The van der Waals surface area contributed by atoms with E-state index in [4.69, 9.17) is 5.73 Å². The number of hydrogen-bond donors (Lipinski definition) is 1. The molecule has 2 heteroatoms. The van der Waals surface area contributed by atoms with Crippen molar-refractivity contribution in [3.05, 3.63) is 70.4 Å². The first-order valence-electron chi connectivity index (χ1n) is 7.07. The second-order valence-electron chi connectivity index (χ2n) is 5.22. The molecule has 3 aromatic rings. The average Bonchev–Trinajstić information content (AvgIpc) is 2.99. The van der Waals surface area contributed by atoms with Crippen LogP contribution in [-0.2, 0) is 12.8 Å². The van der Waals surface area contributed by atoms with E-state index in [0.717, 1.165) is 19.3 Å². The van der Waals surface area contributed by atoms with Crippen LogP contribution >= 0.6 is 11.3 Å². The van der Waals surface area contributed by atoms with Gasteiger partial charge >= 0.3 is 0 Å². The molecular weight excluding hydrogens is 262 g/mol. The zero-order valence-corrected chi connectivity index (χ0v) is 12.3. The maximum atomic E-state index is 6.32. The standard InChI is InChI=1S/C18H19NS/c19-16(10-11-17-8-4-12-20-17)13-15-7-3-6-14-5-1-2-9-18(14)15/h1-9,12,16H,10-11,13,19H2. The van der Waals surface area contributed by atoms with Crippen LogP contribution in [0.4, 0.5) is 0 Å². The van der Waals surface area contributed by atoms with Crippen molar-refractivity contribution in [1.82, 2.24) is 0 Å². The van der Waals surface area contributed by atoms with Crippen molar-refractivity contribution < 1.29 is 0 Å². The first-order chi connectivity index (χ1) is 9.83. The Bertz CT molecular complexity index is 667. The molecule has 3 rings (SSSR count). The fourth-order valence-electron chi connectivity index (χ4n) is 2.64. The number of fused-ring (bicyclic) bond motifs is 1. The lowest BCUT2D eigenvalue weighted by atomic mass is 9.97. The van der Waals surface area contributed by atoms with Crippen LogP contribution in [0.3, 0.4) is 0 Å². The first-order valence-corrected chi connectivity index (χ1v) is 7.95. The van der Waals surface area contributed by atoms with Gasteiger partial charge in [0.15, 0.2) is 0 Å². The number of rotatable bonds is 5. The second kappa shape index (κ2) is 6.21. The zero-order valence-electron chi connectivity index (χ0n) is 11.5. The van der Waals surface area contributed by atoms with E-state index in [2.05, 4.69) is 60.0 Å². The van der Waals surface area contributed by atoms with Crippen LogP contribution in [0.15, 0.2) is 60.0 Å². The molecule has 0 aliphatic rings. The molecule has 1 atom stereocenters. The Balaban J connectivity index is 1.69.